The number of aliphatic hydroxyl groups is 1. The van der Waals surface area contributed by atoms with E-state index in [1.165, 1.54) is 13.0 Å². The van der Waals surface area contributed by atoms with Gasteiger partial charge in [0.15, 0.2) is 17.6 Å². The Labute approximate surface area is 257 Å². The number of rotatable bonds is 13. The van der Waals surface area contributed by atoms with Crippen molar-refractivity contribution < 1.29 is 28.8 Å². The quantitative estimate of drug-likeness (QED) is 0.115. The van der Waals surface area contributed by atoms with Crippen molar-refractivity contribution >= 4 is 24.0 Å². The zero-order valence-electron chi connectivity index (χ0n) is 25.9. The van der Waals surface area contributed by atoms with Gasteiger partial charge in [-0.3, -0.25) is 24.5 Å². The van der Waals surface area contributed by atoms with E-state index in [9.17, 15) is 29.5 Å². The van der Waals surface area contributed by atoms with Crippen LogP contribution in [0.4, 0.5) is 0 Å². The fraction of sp³-hybridized carbons (Fsp3) is 0.500. The predicted octanol–water partition coefficient (Wildman–Crippen LogP) is 2.31. The molecule has 12 heteroatoms. The standard InChI is InChI=1S/C32H42N6O6/c1-20(2)13-26(16-33)31(43)38-12-6-7-25(18-38)15-27(29(41)34-17-24-10-8-21(3)9-11-24)35-32(19-39,23(5)40)36-30(42)28-14-22(4)44-37-28/h8-11,13-14,19-20,23,25,27,35,40H,6-7,12,15,17-18H2,1-5H3,(H,34,41)(H,36,42)/t23-,25?,27+,32-/m1/s1. The van der Waals surface area contributed by atoms with E-state index in [-0.39, 0.29) is 42.0 Å². The lowest BCUT2D eigenvalue weighted by atomic mass is 9.89. The van der Waals surface area contributed by atoms with Gasteiger partial charge in [-0.05, 0) is 57.4 Å². The van der Waals surface area contributed by atoms with Crippen LogP contribution in [-0.4, -0.2) is 70.1 Å². The molecule has 1 unspecified atom stereocenters. The van der Waals surface area contributed by atoms with E-state index in [4.69, 9.17) is 4.52 Å². The monoisotopic (exact) mass is 606 g/mol. The number of carbonyl (C=O) groups is 4. The first-order valence-corrected chi connectivity index (χ1v) is 14.8. The van der Waals surface area contributed by atoms with E-state index in [1.807, 2.05) is 51.1 Å². The third-order valence-corrected chi connectivity index (χ3v) is 7.57. The number of nitrogens with one attached hydrogen (secondary N) is 3. The van der Waals surface area contributed by atoms with E-state index in [1.54, 1.807) is 17.9 Å². The summed E-state index contributed by atoms with van der Waals surface area (Å²) in [6.07, 6.45) is 2.07. The van der Waals surface area contributed by atoms with Crippen molar-refractivity contribution in [1.29, 1.82) is 5.26 Å². The molecular weight excluding hydrogens is 564 g/mol. The van der Waals surface area contributed by atoms with Crippen molar-refractivity contribution in [3.8, 4) is 6.07 Å². The van der Waals surface area contributed by atoms with Crippen LogP contribution >= 0.6 is 0 Å². The molecule has 0 bridgehead atoms. The fourth-order valence-electron chi connectivity index (χ4n) is 5.12. The minimum absolute atomic E-state index is 0.0216. The Morgan fingerprint density at radius 3 is 2.50 bits per heavy atom. The van der Waals surface area contributed by atoms with Crippen molar-refractivity contribution in [2.24, 2.45) is 11.8 Å². The van der Waals surface area contributed by atoms with Crippen molar-refractivity contribution in [2.45, 2.75) is 78.2 Å². The lowest BCUT2D eigenvalue weighted by Crippen LogP contribution is -2.70. The lowest BCUT2D eigenvalue weighted by Gasteiger charge is -2.39. The minimum Gasteiger partial charge on any atom is -0.389 e. The van der Waals surface area contributed by atoms with E-state index in [2.05, 4.69) is 21.1 Å². The topological polar surface area (TPSA) is 178 Å². The summed E-state index contributed by atoms with van der Waals surface area (Å²) in [7, 11) is 0. The molecule has 12 nitrogen and oxygen atoms in total. The minimum atomic E-state index is -2.05. The van der Waals surface area contributed by atoms with Crippen molar-refractivity contribution in [2.75, 3.05) is 13.1 Å². The Morgan fingerprint density at radius 1 is 1.23 bits per heavy atom. The summed E-state index contributed by atoms with van der Waals surface area (Å²) >= 11 is 0. The molecule has 2 aromatic rings. The van der Waals surface area contributed by atoms with Crippen LogP contribution < -0.4 is 16.0 Å². The van der Waals surface area contributed by atoms with Crippen molar-refractivity contribution in [1.82, 2.24) is 26.0 Å². The number of carbonyl (C=O) groups excluding carboxylic acids is 4. The maximum Gasteiger partial charge on any atom is 0.275 e. The predicted molar refractivity (Wildman–Crippen MR) is 162 cm³/mol. The summed E-state index contributed by atoms with van der Waals surface area (Å²) in [5, 5.41) is 32.3. The van der Waals surface area contributed by atoms with Crippen molar-refractivity contribution in [3.63, 3.8) is 0 Å². The first-order valence-electron chi connectivity index (χ1n) is 14.8. The molecule has 0 spiro atoms. The van der Waals surface area contributed by atoms with E-state index in [0.717, 1.165) is 11.1 Å². The molecule has 3 rings (SSSR count). The number of hydrogen-bond donors (Lipinski definition) is 4. The molecular formula is C32H42N6O6. The van der Waals surface area contributed by atoms with Gasteiger partial charge >= 0.3 is 0 Å². The number of benzene rings is 1. The van der Waals surface area contributed by atoms with Crippen LogP contribution in [0.15, 0.2) is 46.5 Å². The number of likely N-dealkylation sites (tertiary alicyclic amines) is 1. The first kappa shape index (κ1) is 34.2. The highest BCUT2D eigenvalue weighted by molar-refractivity contribution is 5.97. The van der Waals surface area contributed by atoms with Gasteiger partial charge in [0.05, 0.1) is 12.1 Å². The molecule has 0 radical (unpaired) electrons. The molecule has 1 aromatic heterocycles. The number of hydrogen-bond acceptors (Lipinski definition) is 9. The van der Waals surface area contributed by atoms with Gasteiger partial charge in [0.25, 0.3) is 11.8 Å². The average molecular weight is 607 g/mol. The van der Waals surface area contributed by atoms with Crippen LogP contribution in [-0.2, 0) is 20.9 Å². The smallest absolute Gasteiger partial charge is 0.275 e. The number of aldehydes is 1. The van der Waals surface area contributed by atoms with E-state index < -0.39 is 29.6 Å². The molecule has 1 saturated heterocycles. The Morgan fingerprint density at radius 2 is 1.93 bits per heavy atom. The van der Waals surface area contributed by atoms with Gasteiger partial charge in [-0.2, -0.15) is 5.26 Å². The molecule has 1 aliphatic rings. The lowest BCUT2D eigenvalue weighted by molar-refractivity contribution is -0.129. The van der Waals surface area contributed by atoms with E-state index >= 15 is 0 Å². The molecule has 2 heterocycles. The van der Waals surface area contributed by atoms with Gasteiger partial charge in [0.2, 0.25) is 5.91 Å². The highest BCUT2D eigenvalue weighted by atomic mass is 16.5. The Balaban J connectivity index is 1.86. The zero-order valence-corrected chi connectivity index (χ0v) is 25.9. The molecule has 1 aliphatic heterocycles. The number of aliphatic hydroxyl groups excluding tert-OH is 1. The molecule has 236 valence electrons. The summed E-state index contributed by atoms with van der Waals surface area (Å²) < 4.78 is 4.97. The molecule has 4 N–H and O–H groups in total. The number of nitrogens with zero attached hydrogens (tertiary/aromatic N) is 3. The highest BCUT2D eigenvalue weighted by Crippen LogP contribution is 2.24. The summed E-state index contributed by atoms with van der Waals surface area (Å²) in [4.78, 5) is 53.9. The molecule has 3 amide bonds. The van der Waals surface area contributed by atoms with Crippen LogP contribution in [0.5, 0.6) is 0 Å². The zero-order chi connectivity index (χ0) is 32.4. The Bertz CT molecular complexity index is 1390. The van der Waals surface area contributed by atoms with E-state index in [0.29, 0.717) is 38.0 Å². The molecule has 44 heavy (non-hydrogen) atoms. The second-order valence-corrected chi connectivity index (χ2v) is 11.8. The molecule has 1 fully saturated rings. The van der Waals surface area contributed by atoms with Crippen LogP contribution in [0.2, 0.25) is 0 Å². The summed E-state index contributed by atoms with van der Waals surface area (Å²) in [6.45, 7) is 9.65. The van der Waals surface area contributed by atoms with Crippen LogP contribution in [0.3, 0.4) is 0 Å². The molecule has 4 atom stereocenters. The number of piperidine rings is 1. The molecule has 0 saturated carbocycles. The largest absolute Gasteiger partial charge is 0.389 e. The normalized spacial score (nSPS) is 18.1. The Kier molecular flexibility index (Phi) is 12.0. The third kappa shape index (κ3) is 9.08. The second-order valence-electron chi connectivity index (χ2n) is 11.8. The van der Waals surface area contributed by atoms with Gasteiger partial charge in [-0.1, -0.05) is 54.9 Å². The number of allylic oxidation sites excluding steroid dienone is 1. The van der Waals surface area contributed by atoms with Gasteiger partial charge in [0.1, 0.15) is 17.4 Å². The first-order chi connectivity index (χ1) is 20.9. The summed E-state index contributed by atoms with van der Waals surface area (Å²) in [6, 6.07) is 9.98. The number of amides is 3. The number of aromatic nitrogens is 1. The van der Waals surface area contributed by atoms with Crippen LogP contribution in [0, 0.1) is 37.0 Å². The van der Waals surface area contributed by atoms with Gasteiger partial charge in [-0.15, -0.1) is 0 Å². The number of aryl methyl sites for hydroxylation is 2. The molecule has 1 aromatic carbocycles. The highest BCUT2D eigenvalue weighted by Gasteiger charge is 2.42. The second kappa shape index (κ2) is 15.4. The number of nitriles is 1. The summed E-state index contributed by atoms with van der Waals surface area (Å²) in [5.74, 6) is -1.37. The maximum absolute atomic E-state index is 13.7. The third-order valence-electron chi connectivity index (χ3n) is 7.57. The van der Waals surface area contributed by atoms with Gasteiger partial charge < -0.3 is 25.2 Å². The SMILES string of the molecule is Cc1ccc(CNC(=O)[C@H](CC2CCCN(C(=O)C(C#N)=CC(C)C)C2)N[C@](C=O)(NC(=O)c2cc(C)on2)[C@@H](C)O)cc1. The summed E-state index contributed by atoms with van der Waals surface area (Å²) in [5.41, 5.74) is -0.130. The fourth-order valence-corrected chi connectivity index (χ4v) is 5.12. The molecule has 0 aliphatic carbocycles. The van der Waals surface area contributed by atoms with Crippen molar-refractivity contribution in [3.05, 3.63) is 64.6 Å². The van der Waals surface area contributed by atoms with Crippen LogP contribution in [0.25, 0.3) is 0 Å². The van der Waals surface area contributed by atoms with Gasteiger partial charge in [0, 0.05) is 25.7 Å². The van der Waals surface area contributed by atoms with Gasteiger partial charge in [-0.25, -0.2) is 0 Å². The maximum atomic E-state index is 13.7. The average Bonchev–Trinajstić information content (AvgIpc) is 3.44. The van der Waals surface area contributed by atoms with Crippen LogP contribution in [0.1, 0.15) is 67.4 Å². The Hall–Kier alpha value is -4.34.